The van der Waals surface area contributed by atoms with Crippen LogP contribution in [0.1, 0.15) is 56.7 Å². The lowest BCUT2D eigenvalue weighted by Gasteiger charge is -2.37. The van der Waals surface area contributed by atoms with Crippen LogP contribution in [0.3, 0.4) is 0 Å². The number of likely N-dealkylation sites (tertiary alicyclic amines) is 1. The predicted octanol–water partition coefficient (Wildman–Crippen LogP) is 6.75. The number of anilines is 1. The van der Waals surface area contributed by atoms with Crippen LogP contribution in [0.15, 0.2) is 83.0 Å². The van der Waals surface area contributed by atoms with E-state index in [1.807, 2.05) is 37.6 Å². The number of nitrogens with two attached hydrogens (primary N) is 1. The van der Waals surface area contributed by atoms with E-state index in [0.29, 0.717) is 58.5 Å². The summed E-state index contributed by atoms with van der Waals surface area (Å²) >= 11 is 8.14. The van der Waals surface area contributed by atoms with Gasteiger partial charge in [-0.1, -0.05) is 41.6 Å². The number of piperidine rings is 1. The minimum atomic E-state index is -3.64. The Bertz CT molecular complexity index is 2280. The zero-order chi connectivity index (χ0) is 41.0. The van der Waals surface area contributed by atoms with E-state index in [9.17, 15) is 13.8 Å². The second kappa shape index (κ2) is 17.8. The van der Waals surface area contributed by atoms with Crippen LogP contribution in [0.2, 0.25) is 5.02 Å². The van der Waals surface area contributed by atoms with E-state index in [0.717, 1.165) is 31.5 Å². The van der Waals surface area contributed by atoms with Gasteiger partial charge in [0.2, 0.25) is 0 Å². The van der Waals surface area contributed by atoms with Gasteiger partial charge in [-0.25, -0.2) is 28.7 Å². The number of hydrogen-bond donors (Lipinski definition) is 3. The quantitative estimate of drug-likeness (QED) is 0.0845. The number of nitrogens with zero attached hydrogens (tertiary/aromatic N) is 6. The summed E-state index contributed by atoms with van der Waals surface area (Å²) in [5.74, 6) is 0.610. The number of ether oxygens (including phenoxy) is 2. The van der Waals surface area contributed by atoms with Crippen molar-refractivity contribution in [3.05, 3.63) is 100.0 Å². The van der Waals surface area contributed by atoms with Gasteiger partial charge in [0.05, 0.1) is 31.2 Å². The number of carbonyl (C=O) groups is 1. The fourth-order valence-electron chi connectivity index (χ4n) is 7.19. The zero-order valence-corrected chi connectivity index (χ0v) is 35.0. The Morgan fingerprint density at radius 2 is 1.95 bits per heavy atom. The van der Waals surface area contributed by atoms with Gasteiger partial charge in [-0.15, -0.1) is 0 Å². The monoisotopic (exact) mass is 853 g/mol. The average Bonchev–Trinajstić information content (AvgIpc) is 3.85. The summed E-state index contributed by atoms with van der Waals surface area (Å²) in [6.07, 6.45) is 5.95. The van der Waals surface area contributed by atoms with Crippen molar-refractivity contribution in [2.24, 2.45) is 4.99 Å². The number of aromatic nitrogens is 4. The van der Waals surface area contributed by atoms with Gasteiger partial charge in [0, 0.05) is 36.1 Å². The minimum Gasteiger partial charge on any atom is -0.463 e. The Morgan fingerprint density at radius 1 is 1.17 bits per heavy atom. The number of benzene rings is 2. The Kier molecular flexibility index (Phi) is 12.8. The molecule has 0 saturated carbocycles. The fraction of sp³-hybridized carbons (Fsp3) is 0.410. The van der Waals surface area contributed by atoms with Gasteiger partial charge in [0.1, 0.15) is 40.2 Å². The molecule has 19 heteroatoms. The highest BCUT2D eigenvalue weighted by atomic mass is 35.5. The summed E-state index contributed by atoms with van der Waals surface area (Å²) in [5.41, 5.74) is 9.64. The molecule has 0 aliphatic carbocycles. The lowest BCUT2D eigenvalue weighted by atomic mass is 9.89. The van der Waals surface area contributed by atoms with Gasteiger partial charge in [0.25, 0.3) is 0 Å². The number of nitrogen functional groups attached to an aromatic ring is 1. The summed E-state index contributed by atoms with van der Waals surface area (Å²) < 4.78 is 52.1. The first-order chi connectivity index (χ1) is 27.9. The maximum absolute atomic E-state index is 14.2. The lowest BCUT2D eigenvalue weighted by Crippen LogP contribution is -2.52. The molecule has 1 saturated heterocycles. The summed E-state index contributed by atoms with van der Waals surface area (Å²) in [6, 6.07) is 10.9. The van der Waals surface area contributed by atoms with Crippen LogP contribution < -0.4 is 20.9 Å². The molecule has 2 unspecified atom stereocenters. The summed E-state index contributed by atoms with van der Waals surface area (Å²) in [6.45, 7) is 8.12. The minimum absolute atomic E-state index is 0.176. The number of hydrogen-bond acceptors (Lipinski definition) is 15. The van der Waals surface area contributed by atoms with E-state index < -0.39 is 30.3 Å². The third-order valence-electron chi connectivity index (χ3n) is 10.3. The number of nitrogens with one attached hydrogen (secondary N) is 2. The van der Waals surface area contributed by atoms with Gasteiger partial charge >= 0.3 is 13.6 Å². The van der Waals surface area contributed by atoms with Crippen LogP contribution in [-0.2, 0) is 29.9 Å². The molecule has 3 aliphatic heterocycles. The molecule has 4 aromatic rings. The van der Waals surface area contributed by atoms with Crippen molar-refractivity contribution in [1.82, 2.24) is 35.1 Å². The SMILES string of the molecule is CCOC(=O)C1=C(CN2CCC(c3ccc(OP(=O)(CO[C@H](C)Cn4cnc5c(N)ncnc54)OC)cc3)CC2)NC(C2(C)NC=CS2)=N[C@H]1c1ccc(F)cc1Cl. The third kappa shape index (κ3) is 9.19. The van der Waals surface area contributed by atoms with Crippen LogP contribution in [0.25, 0.3) is 11.2 Å². The number of amidine groups is 1. The standard InChI is InChI=1S/C39H46ClFN9O6PS/c1-5-54-37(51)32-31(47-38(39(3)46-14-17-58-39)48-33(32)29-11-8-27(41)18-30(29)40)20-49-15-12-26(13-16-49)25-6-9-28(10-7-25)56-57(52,53-4)23-55-24(2)19-50-22-45-34-35(42)43-21-44-36(34)50/h6-11,14,17-18,21-22,24,26,33,46H,5,12-13,15-16,19-20,23H2,1-4H3,(H,47,48)(H2,42,43,44)/t24-,33+,39?,57?/m1/s1. The molecule has 3 aliphatic rings. The Hall–Kier alpha value is -4.51. The maximum atomic E-state index is 14.2. The Balaban J connectivity index is 0.990. The van der Waals surface area contributed by atoms with E-state index in [-0.39, 0.29) is 30.0 Å². The van der Waals surface area contributed by atoms with Crippen molar-refractivity contribution in [1.29, 1.82) is 0 Å². The topological polar surface area (TPSA) is 180 Å². The molecule has 1 fully saturated rings. The van der Waals surface area contributed by atoms with Crippen molar-refractivity contribution in [3.8, 4) is 5.75 Å². The van der Waals surface area contributed by atoms with Crippen LogP contribution in [0, 0.1) is 5.82 Å². The van der Waals surface area contributed by atoms with Gasteiger partial charge in [-0.2, -0.15) is 0 Å². The molecule has 308 valence electrons. The van der Waals surface area contributed by atoms with E-state index in [2.05, 4.69) is 30.5 Å². The van der Waals surface area contributed by atoms with Crippen LogP contribution in [0.4, 0.5) is 10.2 Å². The van der Waals surface area contributed by atoms with Crippen molar-refractivity contribution < 1.29 is 32.3 Å². The highest BCUT2D eigenvalue weighted by Crippen LogP contribution is 2.48. The highest BCUT2D eigenvalue weighted by Gasteiger charge is 2.41. The molecule has 0 radical (unpaired) electrons. The molecule has 4 N–H and O–H groups in total. The zero-order valence-electron chi connectivity index (χ0n) is 32.6. The number of carbonyl (C=O) groups excluding carboxylic acids is 1. The van der Waals surface area contributed by atoms with E-state index in [1.165, 1.54) is 25.6 Å². The summed E-state index contributed by atoms with van der Waals surface area (Å²) in [4.78, 5) is 32.8. The molecule has 15 nitrogen and oxygen atoms in total. The first-order valence-corrected chi connectivity index (χ1v) is 21.9. The molecule has 7 rings (SSSR count). The summed E-state index contributed by atoms with van der Waals surface area (Å²) in [5, 5.41) is 8.97. The van der Waals surface area contributed by atoms with Gasteiger partial charge in [-0.3, -0.25) is 9.89 Å². The largest absolute Gasteiger partial charge is 0.463 e. The van der Waals surface area contributed by atoms with E-state index >= 15 is 0 Å². The maximum Gasteiger partial charge on any atom is 0.404 e. The van der Waals surface area contributed by atoms with Crippen molar-refractivity contribution in [2.75, 3.05) is 45.4 Å². The Morgan fingerprint density at radius 3 is 2.64 bits per heavy atom. The van der Waals surface area contributed by atoms with Crippen LogP contribution in [0.5, 0.6) is 5.75 Å². The van der Waals surface area contributed by atoms with Gasteiger partial charge < -0.3 is 39.5 Å². The molecule has 2 aromatic carbocycles. The molecule has 2 aromatic heterocycles. The van der Waals surface area contributed by atoms with E-state index in [1.54, 1.807) is 47.8 Å². The van der Waals surface area contributed by atoms with E-state index in [4.69, 9.17) is 40.8 Å². The fourth-order valence-corrected chi connectivity index (χ4v) is 9.33. The molecule has 58 heavy (non-hydrogen) atoms. The molecule has 0 bridgehead atoms. The number of halogens is 2. The van der Waals surface area contributed by atoms with Crippen molar-refractivity contribution >= 4 is 59.7 Å². The van der Waals surface area contributed by atoms with Crippen LogP contribution in [-0.4, -0.2) is 86.9 Å². The lowest BCUT2D eigenvalue weighted by molar-refractivity contribution is -0.139. The number of thioether (sulfide) groups is 1. The molecule has 0 amide bonds. The molecule has 4 atom stereocenters. The number of esters is 1. The predicted molar refractivity (Wildman–Crippen MR) is 222 cm³/mol. The normalized spacial score (nSPS) is 21.6. The smallest absolute Gasteiger partial charge is 0.404 e. The molecule has 5 heterocycles. The number of rotatable bonds is 15. The highest BCUT2D eigenvalue weighted by molar-refractivity contribution is 8.04. The summed E-state index contributed by atoms with van der Waals surface area (Å²) in [7, 11) is -2.31. The Labute approximate surface area is 345 Å². The number of aliphatic imine (C=N–C) groups is 1. The number of imidazole rings is 1. The van der Waals surface area contributed by atoms with Gasteiger partial charge in [-0.05, 0) is 87.9 Å². The molecular weight excluding hydrogens is 808 g/mol. The van der Waals surface area contributed by atoms with Crippen molar-refractivity contribution in [3.63, 3.8) is 0 Å². The first kappa shape index (κ1) is 41.6. The first-order valence-electron chi connectivity index (χ1n) is 18.9. The number of fused-ring (bicyclic) bond motifs is 1. The second-order valence-corrected chi connectivity index (χ2v) is 18.1. The molecular formula is C39H46ClFN9O6PS. The third-order valence-corrected chi connectivity index (χ3v) is 13.2. The average molecular weight is 854 g/mol. The second-order valence-electron chi connectivity index (χ2n) is 14.3. The molecule has 0 spiro atoms. The van der Waals surface area contributed by atoms with Crippen molar-refractivity contribution in [2.45, 2.75) is 63.1 Å². The van der Waals surface area contributed by atoms with Crippen LogP contribution >= 0.6 is 31.0 Å². The van der Waals surface area contributed by atoms with Gasteiger partial charge in [0.15, 0.2) is 17.8 Å².